The number of aliphatic hydroxyl groups excluding tert-OH is 1. The molecule has 4 rings (SSSR count). The predicted octanol–water partition coefficient (Wildman–Crippen LogP) is 6.97. The predicted molar refractivity (Wildman–Crippen MR) is 130 cm³/mol. The first kappa shape index (κ1) is 22.9. The average Bonchev–Trinajstić information content (AvgIpc) is 3.24. The molecule has 0 saturated carbocycles. The van der Waals surface area contributed by atoms with Crippen molar-refractivity contribution >= 4 is 5.57 Å². The molecule has 1 N–H and O–H groups in total. The third-order valence-corrected chi connectivity index (χ3v) is 7.01. The molecular formula is C29H36FNO. The van der Waals surface area contributed by atoms with E-state index in [-0.39, 0.29) is 5.92 Å². The Kier molecular flexibility index (Phi) is 6.67. The van der Waals surface area contributed by atoms with Crippen LogP contribution in [0.1, 0.15) is 81.0 Å². The zero-order valence-corrected chi connectivity index (χ0v) is 19.9. The number of halogens is 1. The molecule has 3 atom stereocenters. The zero-order chi connectivity index (χ0) is 22.9. The van der Waals surface area contributed by atoms with Crippen molar-refractivity contribution < 1.29 is 9.50 Å². The molecule has 0 radical (unpaired) electrons. The quantitative estimate of drug-likeness (QED) is 0.488. The Morgan fingerprint density at radius 3 is 2.50 bits per heavy atom. The van der Waals surface area contributed by atoms with E-state index in [2.05, 4.69) is 55.2 Å². The Hall–Kier alpha value is -2.26. The number of hydrogen-bond acceptors (Lipinski definition) is 2. The molecule has 32 heavy (non-hydrogen) atoms. The lowest BCUT2D eigenvalue weighted by Gasteiger charge is -2.17. The summed E-state index contributed by atoms with van der Waals surface area (Å²) in [6.45, 7) is 7.65. The fraction of sp³-hybridized carbons (Fsp3) is 0.483. The van der Waals surface area contributed by atoms with Crippen molar-refractivity contribution in [3.63, 3.8) is 0 Å². The highest BCUT2D eigenvalue weighted by molar-refractivity contribution is 5.81. The first-order chi connectivity index (χ1) is 15.2. The minimum Gasteiger partial charge on any atom is -0.388 e. The summed E-state index contributed by atoms with van der Waals surface area (Å²) in [6.07, 6.45) is 10.8. The van der Waals surface area contributed by atoms with Crippen molar-refractivity contribution in [3.8, 4) is 0 Å². The third-order valence-electron chi connectivity index (χ3n) is 7.01. The third kappa shape index (κ3) is 5.20. The van der Waals surface area contributed by atoms with Gasteiger partial charge in [0.15, 0.2) is 0 Å². The molecule has 2 aliphatic rings. The van der Waals surface area contributed by atoms with Gasteiger partial charge in [-0.05, 0) is 105 Å². The van der Waals surface area contributed by atoms with Gasteiger partial charge < -0.3 is 5.11 Å². The topological polar surface area (TPSA) is 33.1 Å². The standard InChI is InChI=1S/C29H36FNO/c1-19-16-20(2)25(17-19)22-10-7-21(8-11-22)9-12-24-18-23-13-15-31-26(27(23)28(24)32)6-5-14-29(3,4)30/h7-8,10-11,13,15-17,19,24,28,32H,5-6,9,12,14,18H2,1-4H3. The van der Waals surface area contributed by atoms with Gasteiger partial charge in [-0.1, -0.05) is 43.3 Å². The number of allylic oxidation sites excluding steroid dienone is 4. The number of pyridine rings is 1. The average molecular weight is 434 g/mol. The van der Waals surface area contributed by atoms with E-state index >= 15 is 0 Å². The first-order valence-electron chi connectivity index (χ1n) is 12.0. The van der Waals surface area contributed by atoms with E-state index in [0.29, 0.717) is 12.3 Å². The summed E-state index contributed by atoms with van der Waals surface area (Å²) in [5.74, 6) is 0.729. The van der Waals surface area contributed by atoms with Crippen LogP contribution < -0.4 is 0 Å². The number of rotatable bonds is 8. The SMILES string of the molecule is CC1=CC(C)C=C1c1ccc(CCC2Cc3ccnc(CCCC(C)(C)F)c3C2O)cc1. The van der Waals surface area contributed by atoms with Crippen LogP contribution in [0.5, 0.6) is 0 Å². The summed E-state index contributed by atoms with van der Waals surface area (Å²) in [7, 11) is 0. The summed E-state index contributed by atoms with van der Waals surface area (Å²) in [6, 6.07) is 11.0. The highest BCUT2D eigenvalue weighted by atomic mass is 19.1. The molecule has 0 spiro atoms. The Balaban J connectivity index is 1.37. The maximum absolute atomic E-state index is 13.8. The Labute approximate surface area is 192 Å². The summed E-state index contributed by atoms with van der Waals surface area (Å²) in [5.41, 5.74) is 7.32. The molecule has 3 unspecified atom stereocenters. The lowest BCUT2D eigenvalue weighted by molar-refractivity contribution is 0.117. The maximum atomic E-state index is 13.8. The van der Waals surface area contributed by atoms with Crippen molar-refractivity contribution in [2.45, 2.75) is 78.0 Å². The van der Waals surface area contributed by atoms with Crippen molar-refractivity contribution in [2.75, 3.05) is 0 Å². The molecule has 2 aromatic rings. The van der Waals surface area contributed by atoms with Crippen LogP contribution in [0.15, 0.2) is 54.3 Å². The van der Waals surface area contributed by atoms with Gasteiger partial charge in [0.2, 0.25) is 0 Å². The van der Waals surface area contributed by atoms with Crippen molar-refractivity contribution in [1.82, 2.24) is 4.98 Å². The monoisotopic (exact) mass is 433 g/mol. The molecule has 2 nitrogen and oxygen atoms in total. The van der Waals surface area contributed by atoms with E-state index in [4.69, 9.17) is 0 Å². The fourth-order valence-electron chi connectivity index (χ4n) is 5.32. The Bertz CT molecular complexity index is 1010. The van der Waals surface area contributed by atoms with E-state index in [1.165, 1.54) is 27.8 Å². The normalized spacial score (nSPS) is 22.6. The molecule has 1 heterocycles. The molecule has 0 fully saturated rings. The molecule has 0 saturated heterocycles. The molecule has 0 aliphatic heterocycles. The van der Waals surface area contributed by atoms with Gasteiger partial charge in [0.05, 0.1) is 6.10 Å². The second kappa shape index (κ2) is 9.31. The number of hydrogen-bond donors (Lipinski definition) is 1. The lowest BCUT2D eigenvalue weighted by Crippen LogP contribution is -2.13. The van der Waals surface area contributed by atoms with Gasteiger partial charge in [-0.25, -0.2) is 4.39 Å². The second-order valence-electron chi connectivity index (χ2n) is 10.3. The van der Waals surface area contributed by atoms with E-state index in [9.17, 15) is 9.50 Å². The van der Waals surface area contributed by atoms with E-state index in [1.807, 2.05) is 12.3 Å². The molecule has 3 heteroatoms. The van der Waals surface area contributed by atoms with Crippen molar-refractivity contribution in [2.24, 2.45) is 11.8 Å². The first-order valence-corrected chi connectivity index (χ1v) is 12.0. The molecule has 2 aliphatic carbocycles. The number of benzene rings is 1. The summed E-state index contributed by atoms with van der Waals surface area (Å²) < 4.78 is 13.8. The molecular weight excluding hydrogens is 397 g/mol. The summed E-state index contributed by atoms with van der Waals surface area (Å²) in [5, 5.41) is 11.1. The number of aliphatic hydroxyl groups is 1. The molecule has 1 aromatic heterocycles. The van der Waals surface area contributed by atoms with Crippen molar-refractivity contribution in [3.05, 3.63) is 82.2 Å². The zero-order valence-electron chi connectivity index (χ0n) is 19.9. The molecule has 170 valence electrons. The van der Waals surface area contributed by atoms with Gasteiger partial charge in [0, 0.05) is 17.5 Å². The van der Waals surface area contributed by atoms with Gasteiger partial charge in [-0.15, -0.1) is 0 Å². The Morgan fingerprint density at radius 1 is 1.09 bits per heavy atom. The van der Waals surface area contributed by atoms with Crippen LogP contribution in [0.25, 0.3) is 5.57 Å². The van der Waals surface area contributed by atoms with Gasteiger partial charge in [0.25, 0.3) is 0 Å². The summed E-state index contributed by atoms with van der Waals surface area (Å²) >= 11 is 0. The number of fused-ring (bicyclic) bond motifs is 1. The smallest absolute Gasteiger partial charge is 0.105 e. The number of alkyl halides is 1. The van der Waals surface area contributed by atoms with E-state index < -0.39 is 11.8 Å². The highest BCUT2D eigenvalue weighted by Crippen LogP contribution is 2.40. The van der Waals surface area contributed by atoms with Crippen LogP contribution in [0.3, 0.4) is 0 Å². The lowest BCUT2D eigenvalue weighted by atomic mass is 9.93. The van der Waals surface area contributed by atoms with E-state index in [1.54, 1.807) is 13.8 Å². The van der Waals surface area contributed by atoms with Crippen LogP contribution >= 0.6 is 0 Å². The minimum atomic E-state index is -1.16. The van der Waals surface area contributed by atoms with Gasteiger partial charge >= 0.3 is 0 Å². The fourth-order valence-corrected chi connectivity index (χ4v) is 5.32. The van der Waals surface area contributed by atoms with Crippen LogP contribution in [0, 0.1) is 11.8 Å². The molecule has 1 aromatic carbocycles. The van der Waals surface area contributed by atoms with Crippen LogP contribution in [-0.4, -0.2) is 15.8 Å². The number of aryl methyl sites for hydroxylation is 2. The second-order valence-corrected chi connectivity index (χ2v) is 10.3. The number of aromatic nitrogens is 1. The van der Waals surface area contributed by atoms with Gasteiger partial charge in [-0.3, -0.25) is 4.98 Å². The Morgan fingerprint density at radius 2 is 1.84 bits per heavy atom. The maximum Gasteiger partial charge on any atom is 0.105 e. The summed E-state index contributed by atoms with van der Waals surface area (Å²) in [4.78, 5) is 4.54. The molecule has 0 amide bonds. The van der Waals surface area contributed by atoms with Gasteiger partial charge in [-0.2, -0.15) is 0 Å². The molecule has 0 bridgehead atoms. The van der Waals surface area contributed by atoms with Crippen LogP contribution in [-0.2, 0) is 19.3 Å². The van der Waals surface area contributed by atoms with Gasteiger partial charge in [0.1, 0.15) is 5.67 Å². The van der Waals surface area contributed by atoms with E-state index in [0.717, 1.165) is 43.4 Å². The van der Waals surface area contributed by atoms with Crippen LogP contribution in [0.4, 0.5) is 4.39 Å². The largest absolute Gasteiger partial charge is 0.388 e. The highest BCUT2D eigenvalue weighted by Gasteiger charge is 2.33. The van der Waals surface area contributed by atoms with Crippen LogP contribution in [0.2, 0.25) is 0 Å². The number of nitrogens with zero attached hydrogens (tertiary/aromatic N) is 1. The minimum absolute atomic E-state index is 0.216. The van der Waals surface area contributed by atoms with Crippen molar-refractivity contribution in [1.29, 1.82) is 0 Å².